The van der Waals surface area contributed by atoms with Crippen molar-refractivity contribution in [3.63, 3.8) is 0 Å². The van der Waals surface area contributed by atoms with Gasteiger partial charge in [0.15, 0.2) is 5.82 Å². The second-order valence-corrected chi connectivity index (χ2v) is 5.20. The minimum absolute atomic E-state index is 0.00843. The Hall–Kier alpha value is -1.97. The fourth-order valence-corrected chi connectivity index (χ4v) is 1.58. The molecule has 0 saturated carbocycles. The van der Waals surface area contributed by atoms with Crippen LogP contribution in [-0.4, -0.2) is 22.0 Å². The summed E-state index contributed by atoms with van der Waals surface area (Å²) >= 11 is 0. The van der Waals surface area contributed by atoms with Crippen LogP contribution in [0, 0.1) is 0 Å². The largest absolute Gasteiger partial charge is 0.373 e. The zero-order valence-corrected chi connectivity index (χ0v) is 11.2. The van der Waals surface area contributed by atoms with E-state index in [4.69, 9.17) is 0 Å². The number of rotatable bonds is 2. The van der Waals surface area contributed by atoms with Gasteiger partial charge in [0.25, 0.3) is 0 Å². The predicted octanol–water partition coefficient (Wildman–Crippen LogP) is 2.88. The van der Waals surface area contributed by atoms with Crippen molar-refractivity contribution < 1.29 is 0 Å². The fourth-order valence-electron chi connectivity index (χ4n) is 1.58. The van der Waals surface area contributed by atoms with E-state index in [1.54, 1.807) is 12.4 Å². The lowest BCUT2D eigenvalue weighted by Crippen LogP contribution is -2.15. The van der Waals surface area contributed by atoms with E-state index in [0.29, 0.717) is 5.82 Å². The van der Waals surface area contributed by atoms with Gasteiger partial charge in [-0.25, -0.2) is 9.97 Å². The highest BCUT2D eigenvalue weighted by Gasteiger charge is 2.18. The van der Waals surface area contributed by atoms with Crippen LogP contribution >= 0.6 is 0 Å². The molecule has 94 valence electrons. The van der Waals surface area contributed by atoms with Crippen molar-refractivity contribution in [3.8, 4) is 11.4 Å². The molecule has 0 aromatic carbocycles. The number of aromatic nitrogens is 3. The van der Waals surface area contributed by atoms with E-state index in [9.17, 15) is 0 Å². The van der Waals surface area contributed by atoms with Crippen LogP contribution in [0.2, 0.25) is 0 Å². The van der Waals surface area contributed by atoms with E-state index in [1.807, 2.05) is 25.2 Å². The van der Waals surface area contributed by atoms with Crippen molar-refractivity contribution in [2.45, 2.75) is 26.2 Å². The Kier molecular flexibility index (Phi) is 3.28. The standard InChI is InChI=1S/C14H18N4/c1-14(2,3)11-8-12(15-4)18-13(17-11)10-6-5-7-16-9-10/h5-9H,1-4H3,(H,15,17,18). The molecule has 18 heavy (non-hydrogen) atoms. The molecular formula is C14H18N4. The van der Waals surface area contributed by atoms with Crippen LogP contribution in [0.1, 0.15) is 26.5 Å². The van der Waals surface area contributed by atoms with Gasteiger partial charge >= 0.3 is 0 Å². The number of hydrogen-bond acceptors (Lipinski definition) is 4. The Morgan fingerprint density at radius 2 is 1.94 bits per heavy atom. The molecule has 0 unspecified atom stereocenters. The molecule has 0 bridgehead atoms. The van der Waals surface area contributed by atoms with Gasteiger partial charge in [0.2, 0.25) is 0 Å². The molecule has 2 rings (SSSR count). The normalized spacial score (nSPS) is 11.3. The maximum atomic E-state index is 4.63. The Morgan fingerprint density at radius 3 is 2.50 bits per heavy atom. The molecule has 0 saturated heterocycles. The highest BCUT2D eigenvalue weighted by Crippen LogP contribution is 2.25. The SMILES string of the molecule is CNc1cc(C(C)(C)C)nc(-c2cccnc2)n1. The zero-order chi connectivity index (χ0) is 13.2. The average Bonchev–Trinajstić information content (AvgIpc) is 2.38. The molecule has 4 heteroatoms. The summed E-state index contributed by atoms with van der Waals surface area (Å²) in [4.78, 5) is 13.2. The van der Waals surface area contributed by atoms with Crippen LogP contribution < -0.4 is 5.32 Å². The molecule has 0 fully saturated rings. The third-order valence-corrected chi connectivity index (χ3v) is 2.67. The monoisotopic (exact) mass is 242 g/mol. The first kappa shape index (κ1) is 12.5. The van der Waals surface area contributed by atoms with E-state index in [-0.39, 0.29) is 5.41 Å². The summed E-state index contributed by atoms with van der Waals surface area (Å²) in [5, 5.41) is 3.08. The molecule has 0 amide bonds. The summed E-state index contributed by atoms with van der Waals surface area (Å²) in [6, 6.07) is 5.84. The Bertz CT molecular complexity index is 529. The zero-order valence-electron chi connectivity index (χ0n) is 11.2. The molecule has 4 nitrogen and oxygen atoms in total. The van der Waals surface area contributed by atoms with Crippen molar-refractivity contribution in [1.29, 1.82) is 0 Å². The Labute approximate surface area is 108 Å². The second kappa shape index (κ2) is 4.72. The van der Waals surface area contributed by atoms with E-state index < -0.39 is 0 Å². The number of anilines is 1. The molecular weight excluding hydrogens is 224 g/mol. The minimum Gasteiger partial charge on any atom is -0.373 e. The minimum atomic E-state index is -0.00843. The quantitative estimate of drug-likeness (QED) is 0.879. The second-order valence-electron chi connectivity index (χ2n) is 5.20. The number of pyridine rings is 1. The molecule has 0 atom stereocenters. The van der Waals surface area contributed by atoms with Crippen molar-refractivity contribution in [3.05, 3.63) is 36.3 Å². The van der Waals surface area contributed by atoms with Crippen LogP contribution in [0.3, 0.4) is 0 Å². The van der Waals surface area contributed by atoms with Crippen LogP contribution in [-0.2, 0) is 5.41 Å². The lowest BCUT2D eigenvalue weighted by atomic mass is 9.92. The summed E-state index contributed by atoms with van der Waals surface area (Å²) in [6.07, 6.45) is 3.53. The molecule has 2 aromatic heterocycles. The van der Waals surface area contributed by atoms with Gasteiger partial charge in [0, 0.05) is 36.5 Å². The summed E-state index contributed by atoms with van der Waals surface area (Å²) in [5.41, 5.74) is 1.94. The van der Waals surface area contributed by atoms with Gasteiger partial charge in [-0.2, -0.15) is 0 Å². The summed E-state index contributed by atoms with van der Waals surface area (Å²) in [6.45, 7) is 6.42. The van der Waals surface area contributed by atoms with Crippen LogP contribution in [0.25, 0.3) is 11.4 Å². The molecule has 2 aromatic rings. The third-order valence-electron chi connectivity index (χ3n) is 2.67. The van der Waals surface area contributed by atoms with E-state index in [0.717, 1.165) is 17.1 Å². The Morgan fingerprint density at radius 1 is 1.17 bits per heavy atom. The lowest BCUT2D eigenvalue weighted by Gasteiger charge is -2.19. The van der Waals surface area contributed by atoms with Gasteiger partial charge < -0.3 is 5.32 Å². The van der Waals surface area contributed by atoms with E-state index in [1.165, 1.54) is 0 Å². The third kappa shape index (κ3) is 2.64. The summed E-state index contributed by atoms with van der Waals surface area (Å²) in [5.74, 6) is 1.54. The number of nitrogens with one attached hydrogen (secondary N) is 1. The van der Waals surface area contributed by atoms with Crippen molar-refractivity contribution in [2.24, 2.45) is 0 Å². The average molecular weight is 242 g/mol. The molecule has 0 radical (unpaired) electrons. The fraction of sp³-hybridized carbons (Fsp3) is 0.357. The lowest BCUT2D eigenvalue weighted by molar-refractivity contribution is 0.568. The number of nitrogens with zero attached hydrogens (tertiary/aromatic N) is 3. The highest BCUT2D eigenvalue weighted by molar-refractivity contribution is 5.56. The van der Waals surface area contributed by atoms with E-state index >= 15 is 0 Å². The first-order valence-corrected chi connectivity index (χ1v) is 5.98. The first-order chi connectivity index (χ1) is 8.50. The van der Waals surface area contributed by atoms with Gasteiger partial charge in [-0.05, 0) is 12.1 Å². The van der Waals surface area contributed by atoms with Crippen LogP contribution in [0.5, 0.6) is 0 Å². The van der Waals surface area contributed by atoms with E-state index in [2.05, 4.69) is 41.0 Å². The molecule has 0 spiro atoms. The number of hydrogen-bond donors (Lipinski definition) is 1. The molecule has 2 heterocycles. The molecule has 0 aliphatic carbocycles. The molecule has 0 aliphatic heterocycles. The molecule has 0 aliphatic rings. The van der Waals surface area contributed by atoms with Gasteiger partial charge in [0.1, 0.15) is 5.82 Å². The van der Waals surface area contributed by atoms with Gasteiger partial charge in [-0.1, -0.05) is 20.8 Å². The Balaban J connectivity index is 2.55. The smallest absolute Gasteiger partial charge is 0.163 e. The van der Waals surface area contributed by atoms with Gasteiger partial charge in [-0.15, -0.1) is 0 Å². The predicted molar refractivity (Wildman–Crippen MR) is 73.5 cm³/mol. The van der Waals surface area contributed by atoms with Gasteiger partial charge in [-0.3, -0.25) is 4.98 Å². The maximum Gasteiger partial charge on any atom is 0.163 e. The topological polar surface area (TPSA) is 50.7 Å². The van der Waals surface area contributed by atoms with Crippen LogP contribution in [0.15, 0.2) is 30.6 Å². The van der Waals surface area contributed by atoms with Crippen LogP contribution in [0.4, 0.5) is 5.82 Å². The summed E-state index contributed by atoms with van der Waals surface area (Å²) < 4.78 is 0. The maximum absolute atomic E-state index is 4.63. The molecule has 1 N–H and O–H groups in total. The van der Waals surface area contributed by atoms with Crippen molar-refractivity contribution >= 4 is 5.82 Å². The highest BCUT2D eigenvalue weighted by atomic mass is 15.0. The summed E-state index contributed by atoms with van der Waals surface area (Å²) in [7, 11) is 1.86. The van der Waals surface area contributed by atoms with Crippen molar-refractivity contribution in [2.75, 3.05) is 12.4 Å². The first-order valence-electron chi connectivity index (χ1n) is 5.98. The van der Waals surface area contributed by atoms with Gasteiger partial charge in [0.05, 0.1) is 5.69 Å². The van der Waals surface area contributed by atoms with Crippen molar-refractivity contribution in [1.82, 2.24) is 15.0 Å².